The molecule has 0 heterocycles. The van der Waals surface area contributed by atoms with E-state index in [1.165, 1.54) is 0 Å². The summed E-state index contributed by atoms with van der Waals surface area (Å²) >= 11 is 0. The van der Waals surface area contributed by atoms with Gasteiger partial charge in [0.25, 0.3) is 0 Å². The van der Waals surface area contributed by atoms with Crippen molar-refractivity contribution in [2.24, 2.45) is 5.73 Å². The third kappa shape index (κ3) is 2.64. The summed E-state index contributed by atoms with van der Waals surface area (Å²) in [4.78, 5) is 11.4. The number of rotatable bonds is 4. The molecule has 82 valence electrons. The fourth-order valence-electron chi connectivity index (χ4n) is 1.30. The van der Waals surface area contributed by atoms with E-state index in [9.17, 15) is 4.79 Å². The molecule has 1 aromatic rings. The normalized spacial score (nSPS) is 11.5. The molecule has 0 aromatic heterocycles. The molecule has 0 saturated heterocycles. The summed E-state index contributed by atoms with van der Waals surface area (Å²) in [6, 6.07) is 7.39. The van der Waals surface area contributed by atoms with Crippen LogP contribution >= 0.6 is 0 Å². The molecular formula is C12H17NO2. The quantitative estimate of drug-likeness (QED) is 0.765. The van der Waals surface area contributed by atoms with Crippen molar-refractivity contribution in [1.29, 1.82) is 0 Å². The van der Waals surface area contributed by atoms with Crippen molar-refractivity contribution >= 4 is 5.78 Å². The van der Waals surface area contributed by atoms with Gasteiger partial charge in [0.15, 0.2) is 5.78 Å². The monoisotopic (exact) mass is 207 g/mol. The van der Waals surface area contributed by atoms with Crippen molar-refractivity contribution < 1.29 is 9.53 Å². The summed E-state index contributed by atoms with van der Waals surface area (Å²) in [5.74, 6) is -0.0521. The Morgan fingerprint density at radius 1 is 1.47 bits per heavy atom. The van der Waals surface area contributed by atoms with E-state index in [2.05, 4.69) is 0 Å². The van der Waals surface area contributed by atoms with Crippen LogP contribution in [0, 0.1) is 0 Å². The van der Waals surface area contributed by atoms with Gasteiger partial charge in [0.2, 0.25) is 0 Å². The number of methoxy groups -OCH3 is 1. The highest BCUT2D eigenvalue weighted by Gasteiger charge is 2.20. The van der Waals surface area contributed by atoms with Crippen molar-refractivity contribution in [1.82, 2.24) is 0 Å². The molecule has 0 radical (unpaired) electrons. The molecule has 15 heavy (non-hydrogen) atoms. The van der Waals surface area contributed by atoms with E-state index in [4.69, 9.17) is 10.5 Å². The molecule has 3 nitrogen and oxygen atoms in total. The van der Waals surface area contributed by atoms with Gasteiger partial charge in [0.1, 0.15) is 0 Å². The van der Waals surface area contributed by atoms with Crippen LogP contribution in [-0.2, 0) is 10.3 Å². The number of nitrogens with two attached hydrogens (primary N) is 1. The molecular weight excluding hydrogens is 190 g/mol. The summed E-state index contributed by atoms with van der Waals surface area (Å²) in [7, 11) is 1.65. The van der Waals surface area contributed by atoms with Crippen LogP contribution in [0.4, 0.5) is 0 Å². The van der Waals surface area contributed by atoms with Gasteiger partial charge in [-0.2, -0.15) is 0 Å². The zero-order chi connectivity index (χ0) is 11.5. The van der Waals surface area contributed by atoms with Gasteiger partial charge < -0.3 is 10.5 Å². The summed E-state index contributed by atoms with van der Waals surface area (Å²) in [6.07, 6.45) is 0. The smallest absolute Gasteiger partial charge is 0.176 e. The Labute approximate surface area is 90.2 Å². The number of hydrogen-bond donors (Lipinski definition) is 1. The highest BCUT2D eigenvalue weighted by Crippen LogP contribution is 2.24. The molecule has 0 unspecified atom stereocenters. The maximum absolute atomic E-state index is 11.4. The van der Waals surface area contributed by atoms with Gasteiger partial charge in [-0.15, -0.1) is 0 Å². The van der Waals surface area contributed by atoms with Crippen molar-refractivity contribution in [2.75, 3.05) is 13.7 Å². The lowest BCUT2D eigenvalue weighted by atomic mass is 9.95. The molecule has 0 amide bonds. The van der Waals surface area contributed by atoms with Gasteiger partial charge in [-0.25, -0.2) is 0 Å². The highest BCUT2D eigenvalue weighted by atomic mass is 16.5. The number of ether oxygens (including phenoxy) is 1. The Hall–Kier alpha value is -1.19. The molecule has 0 aliphatic rings. The third-order valence-electron chi connectivity index (χ3n) is 2.58. The molecule has 0 aliphatic heterocycles. The first-order valence-corrected chi connectivity index (χ1v) is 4.90. The molecule has 1 aromatic carbocycles. The van der Waals surface area contributed by atoms with E-state index < -0.39 is 0 Å². The van der Waals surface area contributed by atoms with Gasteiger partial charge in [-0.3, -0.25) is 4.79 Å². The van der Waals surface area contributed by atoms with Gasteiger partial charge in [-0.1, -0.05) is 18.2 Å². The van der Waals surface area contributed by atoms with E-state index in [1.54, 1.807) is 13.2 Å². The highest BCUT2D eigenvalue weighted by molar-refractivity contribution is 5.97. The second-order valence-electron chi connectivity index (χ2n) is 3.92. The number of benzene rings is 1. The Kier molecular flexibility index (Phi) is 3.61. The lowest BCUT2D eigenvalue weighted by Gasteiger charge is -2.23. The van der Waals surface area contributed by atoms with E-state index in [0.717, 1.165) is 5.56 Å². The van der Waals surface area contributed by atoms with Crippen LogP contribution in [0.15, 0.2) is 24.3 Å². The van der Waals surface area contributed by atoms with Crippen molar-refractivity contribution in [2.45, 2.75) is 19.4 Å². The maximum Gasteiger partial charge on any atom is 0.176 e. The first-order valence-electron chi connectivity index (χ1n) is 4.90. The summed E-state index contributed by atoms with van der Waals surface area (Å²) in [5, 5.41) is 0. The number of carbonyl (C=O) groups excluding carboxylic acids is 1. The molecule has 2 N–H and O–H groups in total. The SMILES string of the molecule is COC(C)(C)c1cccc(C(=O)CN)c1. The molecule has 1 rings (SSSR count). The average molecular weight is 207 g/mol. The molecule has 0 atom stereocenters. The Bertz CT molecular complexity index is 358. The summed E-state index contributed by atoms with van der Waals surface area (Å²) in [5.41, 5.74) is 6.55. The molecule has 0 fully saturated rings. The molecule has 3 heteroatoms. The van der Waals surface area contributed by atoms with Gasteiger partial charge >= 0.3 is 0 Å². The zero-order valence-corrected chi connectivity index (χ0v) is 9.41. The molecule has 0 spiro atoms. The largest absolute Gasteiger partial charge is 0.374 e. The Morgan fingerprint density at radius 3 is 2.67 bits per heavy atom. The maximum atomic E-state index is 11.4. The van der Waals surface area contributed by atoms with E-state index >= 15 is 0 Å². The van der Waals surface area contributed by atoms with Crippen LogP contribution in [0.5, 0.6) is 0 Å². The predicted octanol–water partition coefficient (Wildman–Crippen LogP) is 1.71. The van der Waals surface area contributed by atoms with Gasteiger partial charge in [0.05, 0.1) is 12.1 Å². The second-order valence-corrected chi connectivity index (χ2v) is 3.92. The second kappa shape index (κ2) is 4.55. The van der Waals surface area contributed by atoms with Crippen LogP contribution in [-0.4, -0.2) is 19.4 Å². The third-order valence-corrected chi connectivity index (χ3v) is 2.58. The molecule has 0 saturated carbocycles. The van der Waals surface area contributed by atoms with Crippen molar-refractivity contribution in [3.63, 3.8) is 0 Å². The Morgan fingerprint density at radius 2 is 2.13 bits per heavy atom. The first-order chi connectivity index (χ1) is 7.01. The predicted molar refractivity (Wildman–Crippen MR) is 59.9 cm³/mol. The minimum atomic E-state index is -0.384. The minimum absolute atomic E-state index is 0.0386. The van der Waals surface area contributed by atoms with Crippen LogP contribution in [0.25, 0.3) is 0 Å². The fourth-order valence-corrected chi connectivity index (χ4v) is 1.30. The van der Waals surface area contributed by atoms with E-state index in [1.807, 2.05) is 32.0 Å². The summed E-state index contributed by atoms with van der Waals surface area (Å²) < 4.78 is 5.35. The van der Waals surface area contributed by atoms with Crippen LogP contribution in [0.3, 0.4) is 0 Å². The summed E-state index contributed by atoms with van der Waals surface area (Å²) in [6.45, 7) is 3.95. The lowest BCUT2D eigenvalue weighted by molar-refractivity contribution is 0.0192. The Balaban J connectivity index is 3.08. The van der Waals surface area contributed by atoms with Crippen LogP contribution in [0.2, 0.25) is 0 Å². The number of ketones is 1. The van der Waals surface area contributed by atoms with E-state index in [0.29, 0.717) is 5.56 Å². The minimum Gasteiger partial charge on any atom is -0.374 e. The molecule has 0 aliphatic carbocycles. The topological polar surface area (TPSA) is 52.3 Å². The number of hydrogen-bond acceptors (Lipinski definition) is 3. The van der Waals surface area contributed by atoms with E-state index in [-0.39, 0.29) is 17.9 Å². The van der Waals surface area contributed by atoms with Crippen LogP contribution < -0.4 is 5.73 Å². The zero-order valence-electron chi connectivity index (χ0n) is 9.41. The number of carbonyl (C=O) groups is 1. The van der Waals surface area contributed by atoms with Crippen LogP contribution in [0.1, 0.15) is 29.8 Å². The standard InChI is InChI=1S/C12H17NO2/c1-12(2,15-3)10-6-4-5-9(7-10)11(14)8-13/h4-7H,8,13H2,1-3H3. The van der Waals surface area contributed by atoms with Gasteiger partial charge in [-0.05, 0) is 25.5 Å². The molecule has 0 bridgehead atoms. The van der Waals surface area contributed by atoms with Crippen molar-refractivity contribution in [3.05, 3.63) is 35.4 Å². The van der Waals surface area contributed by atoms with Crippen molar-refractivity contribution in [3.8, 4) is 0 Å². The number of Topliss-reactive ketones (excluding diaryl/α,β-unsaturated/α-hetero) is 1. The first kappa shape index (κ1) is 11.9. The lowest BCUT2D eigenvalue weighted by Crippen LogP contribution is -2.20. The average Bonchev–Trinajstić information content (AvgIpc) is 2.28. The van der Waals surface area contributed by atoms with Gasteiger partial charge in [0, 0.05) is 12.7 Å². The fraction of sp³-hybridized carbons (Fsp3) is 0.417.